The maximum absolute atomic E-state index is 12.4. The van der Waals surface area contributed by atoms with Crippen molar-refractivity contribution in [1.29, 1.82) is 0 Å². The Hall–Kier alpha value is -1.10. The van der Waals surface area contributed by atoms with Crippen LogP contribution in [0.25, 0.3) is 0 Å². The zero-order valence-electron chi connectivity index (χ0n) is 10.8. The van der Waals surface area contributed by atoms with Crippen LogP contribution in [-0.2, 0) is 14.3 Å². The Labute approximate surface area is 107 Å². The fourth-order valence-corrected chi connectivity index (χ4v) is 2.91. The number of piperidine rings is 1. The van der Waals surface area contributed by atoms with E-state index in [1.807, 2.05) is 6.92 Å². The van der Waals surface area contributed by atoms with Crippen molar-refractivity contribution in [2.75, 3.05) is 13.2 Å². The van der Waals surface area contributed by atoms with E-state index in [9.17, 15) is 14.7 Å². The van der Waals surface area contributed by atoms with Gasteiger partial charge in [-0.3, -0.25) is 4.79 Å². The molecule has 1 amide bonds. The van der Waals surface area contributed by atoms with Crippen LogP contribution < -0.4 is 0 Å². The van der Waals surface area contributed by atoms with Gasteiger partial charge in [-0.25, -0.2) is 4.79 Å². The second-order valence-electron chi connectivity index (χ2n) is 5.28. The van der Waals surface area contributed by atoms with Crippen molar-refractivity contribution in [3.63, 3.8) is 0 Å². The number of aliphatic carboxylic acids is 1. The minimum absolute atomic E-state index is 0.0113. The Morgan fingerprint density at radius 2 is 2.06 bits per heavy atom. The highest BCUT2D eigenvalue weighted by atomic mass is 16.5. The highest BCUT2D eigenvalue weighted by Crippen LogP contribution is 2.26. The molecular formula is C13H21NO4. The van der Waals surface area contributed by atoms with Crippen LogP contribution in [-0.4, -0.2) is 47.2 Å². The Morgan fingerprint density at radius 3 is 2.72 bits per heavy atom. The molecule has 5 heteroatoms. The number of carboxylic acid groups (broad SMARTS) is 1. The molecule has 2 rings (SSSR count). The molecular weight excluding hydrogens is 234 g/mol. The lowest BCUT2D eigenvalue weighted by Gasteiger charge is -2.37. The van der Waals surface area contributed by atoms with Crippen LogP contribution in [0.1, 0.15) is 39.0 Å². The average molecular weight is 255 g/mol. The number of nitrogens with zero attached hydrogens (tertiary/aromatic N) is 1. The highest BCUT2D eigenvalue weighted by Gasteiger charge is 2.36. The number of likely N-dealkylation sites (tertiary alicyclic amines) is 1. The van der Waals surface area contributed by atoms with E-state index in [0.717, 1.165) is 12.8 Å². The lowest BCUT2D eigenvalue weighted by atomic mass is 9.92. The average Bonchev–Trinajstić information content (AvgIpc) is 2.38. The monoisotopic (exact) mass is 255 g/mol. The van der Waals surface area contributed by atoms with Crippen molar-refractivity contribution in [2.45, 2.75) is 51.2 Å². The van der Waals surface area contributed by atoms with E-state index in [1.54, 1.807) is 4.90 Å². The predicted molar refractivity (Wildman–Crippen MR) is 65.1 cm³/mol. The van der Waals surface area contributed by atoms with E-state index >= 15 is 0 Å². The van der Waals surface area contributed by atoms with Gasteiger partial charge in [0.2, 0.25) is 5.91 Å². The van der Waals surface area contributed by atoms with Gasteiger partial charge in [-0.1, -0.05) is 0 Å². The molecule has 0 aromatic heterocycles. The van der Waals surface area contributed by atoms with Crippen molar-refractivity contribution in [3.8, 4) is 0 Å². The van der Waals surface area contributed by atoms with Gasteiger partial charge in [0, 0.05) is 19.1 Å². The van der Waals surface area contributed by atoms with Gasteiger partial charge in [0.1, 0.15) is 6.04 Å². The van der Waals surface area contributed by atoms with Crippen LogP contribution in [0.5, 0.6) is 0 Å². The third-order valence-electron chi connectivity index (χ3n) is 3.91. The molecule has 2 aliphatic heterocycles. The minimum atomic E-state index is -0.872. The van der Waals surface area contributed by atoms with E-state index in [4.69, 9.17) is 4.74 Å². The standard InChI is InChI=1S/C13H21NO4/c1-9-8-10(5-7-18-9)12(15)14-6-3-2-4-11(14)13(16)17/h9-11H,2-8H2,1H3,(H,16,17)/t9?,10?,11-/m1/s1. The molecule has 5 nitrogen and oxygen atoms in total. The molecule has 0 aromatic rings. The smallest absolute Gasteiger partial charge is 0.326 e. The maximum Gasteiger partial charge on any atom is 0.326 e. The first-order valence-corrected chi connectivity index (χ1v) is 6.74. The zero-order valence-corrected chi connectivity index (χ0v) is 10.8. The van der Waals surface area contributed by atoms with Gasteiger partial charge in [-0.2, -0.15) is 0 Å². The normalized spacial score (nSPS) is 33.2. The summed E-state index contributed by atoms with van der Waals surface area (Å²) < 4.78 is 5.43. The van der Waals surface area contributed by atoms with Gasteiger partial charge in [0.15, 0.2) is 0 Å². The van der Waals surface area contributed by atoms with E-state index in [1.165, 1.54) is 0 Å². The summed E-state index contributed by atoms with van der Waals surface area (Å²) in [4.78, 5) is 25.2. The van der Waals surface area contributed by atoms with Gasteiger partial charge in [-0.05, 0) is 39.0 Å². The van der Waals surface area contributed by atoms with Gasteiger partial charge in [-0.15, -0.1) is 0 Å². The van der Waals surface area contributed by atoms with Gasteiger partial charge in [0.25, 0.3) is 0 Å². The number of hydrogen-bond donors (Lipinski definition) is 1. The zero-order chi connectivity index (χ0) is 13.1. The fourth-order valence-electron chi connectivity index (χ4n) is 2.91. The first-order chi connectivity index (χ1) is 8.59. The van der Waals surface area contributed by atoms with Gasteiger partial charge < -0.3 is 14.7 Å². The third kappa shape index (κ3) is 2.83. The van der Waals surface area contributed by atoms with Crippen molar-refractivity contribution < 1.29 is 19.4 Å². The maximum atomic E-state index is 12.4. The number of ether oxygens (including phenoxy) is 1. The van der Waals surface area contributed by atoms with Gasteiger partial charge >= 0.3 is 5.97 Å². The fraction of sp³-hybridized carbons (Fsp3) is 0.846. The summed E-state index contributed by atoms with van der Waals surface area (Å²) in [7, 11) is 0. The molecule has 102 valence electrons. The summed E-state index contributed by atoms with van der Waals surface area (Å²) in [5.41, 5.74) is 0. The molecule has 2 saturated heterocycles. The lowest BCUT2D eigenvalue weighted by Crippen LogP contribution is -2.51. The van der Waals surface area contributed by atoms with Crippen molar-refractivity contribution in [2.24, 2.45) is 5.92 Å². The summed E-state index contributed by atoms with van der Waals surface area (Å²) in [6.07, 6.45) is 3.91. The lowest BCUT2D eigenvalue weighted by molar-refractivity contribution is -0.156. The Morgan fingerprint density at radius 1 is 1.28 bits per heavy atom. The minimum Gasteiger partial charge on any atom is -0.480 e. The summed E-state index contributed by atoms with van der Waals surface area (Å²) in [5.74, 6) is -0.922. The van der Waals surface area contributed by atoms with Crippen LogP contribution in [0.4, 0.5) is 0 Å². The van der Waals surface area contributed by atoms with Crippen LogP contribution >= 0.6 is 0 Å². The summed E-state index contributed by atoms with van der Waals surface area (Å²) in [6, 6.07) is -0.621. The number of carboxylic acids is 1. The third-order valence-corrected chi connectivity index (χ3v) is 3.91. The Kier molecular flexibility index (Phi) is 4.22. The van der Waals surface area contributed by atoms with Crippen molar-refractivity contribution in [1.82, 2.24) is 4.90 Å². The number of carbonyl (C=O) groups is 2. The summed E-state index contributed by atoms with van der Waals surface area (Å²) in [5, 5.41) is 9.19. The molecule has 2 fully saturated rings. The van der Waals surface area contributed by atoms with E-state index in [-0.39, 0.29) is 17.9 Å². The molecule has 0 aliphatic carbocycles. The summed E-state index contributed by atoms with van der Waals surface area (Å²) in [6.45, 7) is 3.15. The number of carbonyl (C=O) groups excluding carboxylic acids is 1. The molecule has 2 aliphatic rings. The molecule has 0 bridgehead atoms. The molecule has 0 radical (unpaired) electrons. The second-order valence-corrected chi connectivity index (χ2v) is 5.28. The van der Waals surface area contributed by atoms with Gasteiger partial charge in [0.05, 0.1) is 6.10 Å². The van der Waals surface area contributed by atoms with Crippen LogP contribution in [0.15, 0.2) is 0 Å². The highest BCUT2D eigenvalue weighted by molar-refractivity contribution is 5.85. The molecule has 0 saturated carbocycles. The molecule has 1 N–H and O–H groups in total. The molecule has 2 heterocycles. The van der Waals surface area contributed by atoms with Crippen LogP contribution in [0, 0.1) is 5.92 Å². The molecule has 18 heavy (non-hydrogen) atoms. The van der Waals surface area contributed by atoms with E-state index in [0.29, 0.717) is 32.4 Å². The molecule has 0 spiro atoms. The number of amides is 1. The van der Waals surface area contributed by atoms with Crippen LogP contribution in [0.2, 0.25) is 0 Å². The number of hydrogen-bond acceptors (Lipinski definition) is 3. The quantitative estimate of drug-likeness (QED) is 0.807. The topological polar surface area (TPSA) is 66.8 Å². The first-order valence-electron chi connectivity index (χ1n) is 6.74. The molecule has 2 unspecified atom stereocenters. The first kappa shape index (κ1) is 13.3. The Bertz CT molecular complexity index is 331. The predicted octanol–water partition coefficient (Wildman–Crippen LogP) is 1.27. The molecule has 3 atom stereocenters. The van der Waals surface area contributed by atoms with Crippen molar-refractivity contribution >= 4 is 11.9 Å². The molecule has 0 aromatic carbocycles. The van der Waals surface area contributed by atoms with Crippen LogP contribution in [0.3, 0.4) is 0 Å². The van der Waals surface area contributed by atoms with E-state index < -0.39 is 12.0 Å². The van der Waals surface area contributed by atoms with E-state index in [2.05, 4.69) is 0 Å². The number of rotatable bonds is 2. The summed E-state index contributed by atoms with van der Waals surface area (Å²) >= 11 is 0. The Balaban J connectivity index is 2.03. The SMILES string of the molecule is CC1CC(C(=O)N2CCCC[C@@H]2C(=O)O)CCO1. The second kappa shape index (κ2) is 5.69. The van der Waals surface area contributed by atoms with Crippen molar-refractivity contribution in [3.05, 3.63) is 0 Å². The largest absolute Gasteiger partial charge is 0.480 e.